The fourth-order valence-electron chi connectivity index (χ4n) is 5.99. The zero-order valence-electron chi connectivity index (χ0n) is 27.2. The van der Waals surface area contributed by atoms with E-state index in [0.717, 1.165) is 13.0 Å². The molecular formula is C39H62OSi. The molecular weight excluding hydrogens is 513 g/mol. The molecule has 0 radical (unpaired) electrons. The summed E-state index contributed by atoms with van der Waals surface area (Å²) >= 11 is 0. The van der Waals surface area contributed by atoms with Gasteiger partial charge in [0, 0.05) is 6.61 Å². The van der Waals surface area contributed by atoms with Crippen LogP contribution in [-0.4, -0.2) is 14.9 Å². The Morgan fingerprint density at radius 2 is 0.878 bits per heavy atom. The van der Waals surface area contributed by atoms with Crippen LogP contribution < -0.4 is 10.4 Å². The quantitative estimate of drug-likeness (QED) is 0.0728. The molecule has 0 bridgehead atoms. The Hall–Kier alpha value is -1.90. The Labute approximate surface area is 256 Å². The van der Waals surface area contributed by atoms with Gasteiger partial charge in [0.05, 0.1) is 0 Å². The Balaban J connectivity index is 1.54. The molecule has 0 saturated carbocycles. The molecule has 1 nitrogen and oxygen atoms in total. The van der Waals surface area contributed by atoms with Gasteiger partial charge >= 0.3 is 0 Å². The molecule has 0 aliphatic heterocycles. The molecule has 0 fully saturated rings. The molecule has 41 heavy (non-hydrogen) atoms. The zero-order chi connectivity index (χ0) is 29.5. The van der Waals surface area contributed by atoms with Crippen LogP contribution in [0.15, 0.2) is 85.0 Å². The van der Waals surface area contributed by atoms with Gasteiger partial charge in [-0.05, 0) is 66.8 Å². The van der Waals surface area contributed by atoms with E-state index < -0.39 is 8.32 Å². The van der Waals surface area contributed by atoms with Gasteiger partial charge in [0.15, 0.2) is 0 Å². The lowest BCUT2D eigenvalue weighted by Gasteiger charge is -2.43. The van der Waals surface area contributed by atoms with E-state index in [1.54, 1.807) is 0 Å². The Morgan fingerprint density at radius 3 is 1.27 bits per heavy atom. The number of unbranched alkanes of at least 4 members (excludes halogenated alkanes) is 14. The van der Waals surface area contributed by atoms with Crippen molar-refractivity contribution in [3.05, 3.63) is 85.0 Å². The van der Waals surface area contributed by atoms with Gasteiger partial charge in [-0.2, -0.15) is 0 Å². The lowest BCUT2D eigenvalue weighted by Crippen LogP contribution is -2.66. The first-order chi connectivity index (χ1) is 20.0. The molecule has 0 aromatic heterocycles. The van der Waals surface area contributed by atoms with Gasteiger partial charge in [-0.25, -0.2) is 0 Å². The highest BCUT2D eigenvalue weighted by molar-refractivity contribution is 6.99. The third kappa shape index (κ3) is 13.7. The number of benzene rings is 2. The summed E-state index contributed by atoms with van der Waals surface area (Å²) in [6, 6.07) is 22.1. The van der Waals surface area contributed by atoms with Crippen molar-refractivity contribution >= 4 is 18.7 Å². The minimum Gasteiger partial charge on any atom is -0.407 e. The van der Waals surface area contributed by atoms with Crippen LogP contribution in [-0.2, 0) is 4.43 Å². The SMILES string of the molecule is CC/C=C/CCCCCCCCC/C=C/CCCCCCCCO[Si](c1ccccc1)(c1ccccc1)C(C)(C)C. The summed E-state index contributed by atoms with van der Waals surface area (Å²) in [5, 5.41) is 2.83. The maximum absolute atomic E-state index is 7.03. The smallest absolute Gasteiger partial charge is 0.261 e. The van der Waals surface area contributed by atoms with E-state index in [4.69, 9.17) is 4.43 Å². The van der Waals surface area contributed by atoms with Crippen molar-refractivity contribution in [2.45, 2.75) is 142 Å². The highest BCUT2D eigenvalue weighted by atomic mass is 28.4. The van der Waals surface area contributed by atoms with Crippen LogP contribution in [0.25, 0.3) is 0 Å². The summed E-state index contributed by atoms with van der Waals surface area (Å²) < 4.78 is 7.03. The molecule has 2 aromatic carbocycles. The summed E-state index contributed by atoms with van der Waals surface area (Å²) in [4.78, 5) is 0. The van der Waals surface area contributed by atoms with Crippen molar-refractivity contribution in [2.24, 2.45) is 0 Å². The average Bonchev–Trinajstić information content (AvgIpc) is 2.98. The monoisotopic (exact) mass is 574 g/mol. The van der Waals surface area contributed by atoms with Gasteiger partial charge in [0.2, 0.25) is 0 Å². The predicted molar refractivity (Wildman–Crippen MR) is 186 cm³/mol. The second-order valence-electron chi connectivity index (χ2n) is 12.8. The first-order valence-electron chi connectivity index (χ1n) is 17.1. The molecule has 0 N–H and O–H groups in total. The highest BCUT2D eigenvalue weighted by Gasteiger charge is 2.49. The van der Waals surface area contributed by atoms with Gasteiger partial charge in [-0.1, -0.05) is 170 Å². The summed E-state index contributed by atoms with van der Waals surface area (Å²) in [6.45, 7) is 10.2. The molecule has 0 heterocycles. The van der Waals surface area contributed by atoms with Crippen molar-refractivity contribution in [3.63, 3.8) is 0 Å². The zero-order valence-corrected chi connectivity index (χ0v) is 28.2. The standard InChI is InChI=1S/C39H62OSi/c1-5-6-7-8-9-10-11-12-13-14-15-16-17-18-19-20-21-22-23-24-31-36-40-41(39(2,3)4,37-32-27-25-28-33-37)38-34-29-26-30-35-38/h6-7,17-18,25-30,32-35H,5,8-16,19-24,31,36H2,1-4H3/b7-6+,18-17+. The Morgan fingerprint density at radius 1 is 0.512 bits per heavy atom. The van der Waals surface area contributed by atoms with Crippen LogP contribution in [0.2, 0.25) is 5.04 Å². The third-order valence-electron chi connectivity index (χ3n) is 8.31. The van der Waals surface area contributed by atoms with Crippen LogP contribution in [0.1, 0.15) is 137 Å². The molecule has 0 saturated heterocycles. The maximum atomic E-state index is 7.03. The molecule has 0 unspecified atom stereocenters. The van der Waals surface area contributed by atoms with Gasteiger partial charge in [0.25, 0.3) is 8.32 Å². The summed E-state index contributed by atoms with van der Waals surface area (Å²) in [6.07, 6.45) is 32.1. The molecule has 0 amide bonds. The van der Waals surface area contributed by atoms with Crippen molar-refractivity contribution in [1.29, 1.82) is 0 Å². The predicted octanol–water partition coefficient (Wildman–Crippen LogP) is 11.3. The molecule has 2 aromatic rings. The normalized spacial score (nSPS) is 12.6. The summed E-state index contributed by atoms with van der Waals surface area (Å²) in [5.41, 5.74) is 0. The first-order valence-corrected chi connectivity index (χ1v) is 19.0. The van der Waals surface area contributed by atoms with E-state index in [0.29, 0.717) is 0 Å². The fraction of sp³-hybridized carbons (Fsp3) is 0.590. The van der Waals surface area contributed by atoms with Crippen molar-refractivity contribution in [1.82, 2.24) is 0 Å². The number of hydrogen-bond acceptors (Lipinski definition) is 1. The molecule has 0 aliphatic carbocycles. The number of allylic oxidation sites excluding steroid dienone is 4. The van der Waals surface area contributed by atoms with Gasteiger partial charge in [0.1, 0.15) is 0 Å². The summed E-state index contributed by atoms with van der Waals surface area (Å²) in [5.74, 6) is 0. The largest absolute Gasteiger partial charge is 0.407 e. The minimum absolute atomic E-state index is 0.0641. The van der Waals surface area contributed by atoms with E-state index in [9.17, 15) is 0 Å². The third-order valence-corrected chi connectivity index (χ3v) is 13.4. The lowest BCUT2D eigenvalue weighted by atomic mass is 10.1. The Bertz CT molecular complexity index is 886. The van der Waals surface area contributed by atoms with Crippen molar-refractivity contribution in [2.75, 3.05) is 6.61 Å². The van der Waals surface area contributed by atoms with Crippen LogP contribution >= 0.6 is 0 Å². The fourth-order valence-corrected chi connectivity index (χ4v) is 10.6. The minimum atomic E-state index is -2.38. The molecule has 2 rings (SSSR count). The van der Waals surface area contributed by atoms with Crippen molar-refractivity contribution in [3.8, 4) is 0 Å². The van der Waals surface area contributed by atoms with Gasteiger partial charge in [-0.15, -0.1) is 0 Å². The maximum Gasteiger partial charge on any atom is 0.261 e. The molecule has 2 heteroatoms. The van der Waals surface area contributed by atoms with E-state index >= 15 is 0 Å². The molecule has 228 valence electrons. The van der Waals surface area contributed by atoms with Crippen LogP contribution in [0.3, 0.4) is 0 Å². The topological polar surface area (TPSA) is 9.23 Å². The van der Waals surface area contributed by atoms with Crippen molar-refractivity contribution < 1.29 is 4.43 Å². The number of hydrogen-bond donors (Lipinski definition) is 0. The second-order valence-corrected chi connectivity index (χ2v) is 17.1. The highest BCUT2D eigenvalue weighted by Crippen LogP contribution is 2.36. The second kappa shape index (κ2) is 21.7. The summed E-state index contributed by atoms with van der Waals surface area (Å²) in [7, 11) is -2.38. The van der Waals surface area contributed by atoms with E-state index in [-0.39, 0.29) is 5.04 Å². The van der Waals surface area contributed by atoms with E-state index in [2.05, 4.69) is 113 Å². The number of rotatable bonds is 23. The molecule has 0 spiro atoms. The lowest BCUT2D eigenvalue weighted by molar-refractivity contribution is 0.286. The first kappa shape index (κ1) is 35.3. The Kier molecular flexibility index (Phi) is 18.7. The molecule has 0 aliphatic rings. The molecule has 0 atom stereocenters. The van der Waals surface area contributed by atoms with Crippen LogP contribution in [0.5, 0.6) is 0 Å². The van der Waals surface area contributed by atoms with E-state index in [1.165, 1.54) is 113 Å². The van der Waals surface area contributed by atoms with Gasteiger partial charge < -0.3 is 4.43 Å². The average molecular weight is 575 g/mol. The van der Waals surface area contributed by atoms with Crippen LogP contribution in [0, 0.1) is 0 Å². The van der Waals surface area contributed by atoms with E-state index in [1.807, 2.05) is 0 Å². The van der Waals surface area contributed by atoms with Gasteiger partial charge in [-0.3, -0.25) is 0 Å². The van der Waals surface area contributed by atoms with Crippen LogP contribution in [0.4, 0.5) is 0 Å².